The van der Waals surface area contributed by atoms with Gasteiger partial charge in [0.05, 0.1) is 0 Å². The molecule has 1 saturated carbocycles. The highest BCUT2D eigenvalue weighted by atomic mass is 16.4. The standard InChI is InChI=1S/C12H19NO2/c1-2-3-7-13-8-9-5-4-6-10(9)11(13)12(14)15/h2,9-11H,1,3-8H2,(H,14,15). The number of rotatable bonds is 4. The number of carbonyl (C=O) groups is 1. The van der Waals surface area contributed by atoms with Crippen molar-refractivity contribution in [2.75, 3.05) is 13.1 Å². The molecule has 1 N–H and O–H groups in total. The first-order chi connectivity index (χ1) is 7.24. The Balaban J connectivity index is 2.05. The third-order valence-corrected chi connectivity index (χ3v) is 3.86. The van der Waals surface area contributed by atoms with E-state index in [0.29, 0.717) is 11.8 Å². The van der Waals surface area contributed by atoms with Crippen molar-refractivity contribution in [3.63, 3.8) is 0 Å². The summed E-state index contributed by atoms with van der Waals surface area (Å²) >= 11 is 0. The van der Waals surface area contributed by atoms with Gasteiger partial charge in [-0.15, -0.1) is 6.58 Å². The highest BCUT2D eigenvalue weighted by Gasteiger charge is 2.47. The summed E-state index contributed by atoms with van der Waals surface area (Å²) in [6, 6.07) is -0.225. The second-order valence-electron chi connectivity index (χ2n) is 4.71. The smallest absolute Gasteiger partial charge is 0.321 e. The van der Waals surface area contributed by atoms with Crippen molar-refractivity contribution < 1.29 is 9.90 Å². The molecule has 1 aliphatic carbocycles. The summed E-state index contributed by atoms with van der Waals surface area (Å²) in [7, 11) is 0. The highest BCUT2D eigenvalue weighted by Crippen LogP contribution is 2.42. The number of hydrogen-bond acceptors (Lipinski definition) is 2. The van der Waals surface area contributed by atoms with Crippen LogP contribution in [0.3, 0.4) is 0 Å². The Labute approximate surface area is 90.8 Å². The predicted octanol–water partition coefficient (Wildman–Crippen LogP) is 1.75. The maximum atomic E-state index is 11.3. The van der Waals surface area contributed by atoms with Gasteiger partial charge >= 0.3 is 5.97 Å². The summed E-state index contributed by atoms with van der Waals surface area (Å²) in [4.78, 5) is 13.4. The van der Waals surface area contributed by atoms with E-state index < -0.39 is 5.97 Å². The van der Waals surface area contributed by atoms with Gasteiger partial charge in [-0.05, 0) is 31.1 Å². The monoisotopic (exact) mass is 209 g/mol. The van der Waals surface area contributed by atoms with Gasteiger partial charge in [-0.1, -0.05) is 12.5 Å². The maximum Gasteiger partial charge on any atom is 0.321 e. The Morgan fingerprint density at radius 3 is 3.00 bits per heavy atom. The molecular weight excluding hydrogens is 190 g/mol. The van der Waals surface area contributed by atoms with Crippen molar-refractivity contribution >= 4 is 5.97 Å². The Bertz CT molecular complexity index is 264. The van der Waals surface area contributed by atoms with Crippen LogP contribution in [0.25, 0.3) is 0 Å². The van der Waals surface area contributed by atoms with Gasteiger partial charge in [-0.3, -0.25) is 9.69 Å². The van der Waals surface area contributed by atoms with Gasteiger partial charge in [0, 0.05) is 13.1 Å². The molecule has 84 valence electrons. The van der Waals surface area contributed by atoms with Crippen LogP contribution in [0, 0.1) is 11.8 Å². The molecular formula is C12H19NO2. The van der Waals surface area contributed by atoms with Gasteiger partial charge in [-0.25, -0.2) is 0 Å². The molecule has 3 heteroatoms. The van der Waals surface area contributed by atoms with E-state index >= 15 is 0 Å². The Morgan fingerprint density at radius 1 is 1.53 bits per heavy atom. The average Bonchev–Trinajstić information content (AvgIpc) is 2.72. The lowest BCUT2D eigenvalue weighted by molar-refractivity contribution is -0.143. The Morgan fingerprint density at radius 2 is 2.33 bits per heavy atom. The first kappa shape index (κ1) is 10.7. The van der Waals surface area contributed by atoms with Crippen LogP contribution in [0.5, 0.6) is 0 Å². The molecule has 2 aliphatic rings. The van der Waals surface area contributed by atoms with E-state index in [2.05, 4.69) is 11.5 Å². The molecule has 0 aromatic rings. The van der Waals surface area contributed by atoms with E-state index in [1.54, 1.807) is 0 Å². The zero-order chi connectivity index (χ0) is 10.8. The van der Waals surface area contributed by atoms with Crippen molar-refractivity contribution in [3.05, 3.63) is 12.7 Å². The minimum atomic E-state index is -0.631. The van der Waals surface area contributed by atoms with Crippen LogP contribution in [0.1, 0.15) is 25.7 Å². The summed E-state index contributed by atoms with van der Waals surface area (Å²) < 4.78 is 0. The van der Waals surface area contributed by atoms with E-state index in [1.807, 2.05) is 6.08 Å². The molecule has 0 radical (unpaired) electrons. The fourth-order valence-corrected chi connectivity index (χ4v) is 3.22. The van der Waals surface area contributed by atoms with E-state index in [0.717, 1.165) is 25.9 Å². The first-order valence-corrected chi connectivity index (χ1v) is 5.81. The summed E-state index contributed by atoms with van der Waals surface area (Å²) in [5.41, 5.74) is 0. The van der Waals surface area contributed by atoms with Gasteiger partial charge in [0.25, 0.3) is 0 Å². The summed E-state index contributed by atoms with van der Waals surface area (Å²) in [6.07, 6.45) is 6.30. The number of fused-ring (bicyclic) bond motifs is 1. The molecule has 1 aliphatic heterocycles. The molecule has 2 rings (SSSR count). The Kier molecular flexibility index (Phi) is 3.10. The minimum absolute atomic E-state index is 0.225. The highest BCUT2D eigenvalue weighted by molar-refractivity contribution is 5.74. The maximum absolute atomic E-state index is 11.3. The molecule has 0 aromatic heterocycles. The molecule has 3 unspecified atom stereocenters. The number of carboxylic acids is 1. The number of aliphatic carboxylic acids is 1. The number of nitrogens with zero attached hydrogens (tertiary/aromatic N) is 1. The lowest BCUT2D eigenvalue weighted by Gasteiger charge is -2.23. The molecule has 3 nitrogen and oxygen atoms in total. The van der Waals surface area contributed by atoms with E-state index in [4.69, 9.17) is 0 Å². The van der Waals surface area contributed by atoms with Crippen molar-refractivity contribution in [2.45, 2.75) is 31.7 Å². The summed E-state index contributed by atoms with van der Waals surface area (Å²) in [5, 5.41) is 9.26. The molecule has 1 saturated heterocycles. The van der Waals surface area contributed by atoms with Crippen LogP contribution in [0.4, 0.5) is 0 Å². The zero-order valence-electron chi connectivity index (χ0n) is 9.06. The molecule has 0 spiro atoms. The van der Waals surface area contributed by atoms with Crippen LogP contribution < -0.4 is 0 Å². The fraction of sp³-hybridized carbons (Fsp3) is 0.750. The average molecular weight is 209 g/mol. The quantitative estimate of drug-likeness (QED) is 0.717. The summed E-state index contributed by atoms with van der Waals surface area (Å²) in [5.74, 6) is 0.414. The molecule has 0 amide bonds. The van der Waals surface area contributed by atoms with Crippen molar-refractivity contribution in [3.8, 4) is 0 Å². The Hall–Kier alpha value is -0.830. The van der Waals surface area contributed by atoms with Crippen LogP contribution in [-0.4, -0.2) is 35.1 Å². The van der Waals surface area contributed by atoms with Crippen LogP contribution >= 0.6 is 0 Å². The summed E-state index contributed by atoms with van der Waals surface area (Å²) in [6.45, 7) is 5.53. The van der Waals surface area contributed by atoms with Crippen LogP contribution in [0.15, 0.2) is 12.7 Å². The van der Waals surface area contributed by atoms with Gasteiger partial charge in [0.15, 0.2) is 0 Å². The molecule has 0 aromatic carbocycles. The van der Waals surface area contributed by atoms with Gasteiger partial charge in [0.2, 0.25) is 0 Å². The fourth-order valence-electron chi connectivity index (χ4n) is 3.22. The number of hydrogen-bond donors (Lipinski definition) is 1. The van der Waals surface area contributed by atoms with E-state index in [9.17, 15) is 9.90 Å². The lowest BCUT2D eigenvalue weighted by atomic mass is 9.94. The van der Waals surface area contributed by atoms with Gasteiger partial charge < -0.3 is 5.11 Å². The van der Waals surface area contributed by atoms with Crippen molar-refractivity contribution in [1.82, 2.24) is 4.90 Å². The van der Waals surface area contributed by atoms with Gasteiger partial charge in [-0.2, -0.15) is 0 Å². The van der Waals surface area contributed by atoms with Crippen molar-refractivity contribution in [2.24, 2.45) is 11.8 Å². The minimum Gasteiger partial charge on any atom is -0.480 e. The lowest BCUT2D eigenvalue weighted by Crippen LogP contribution is -2.39. The van der Waals surface area contributed by atoms with Crippen LogP contribution in [-0.2, 0) is 4.79 Å². The topological polar surface area (TPSA) is 40.5 Å². The second-order valence-corrected chi connectivity index (χ2v) is 4.71. The molecule has 2 fully saturated rings. The van der Waals surface area contributed by atoms with Crippen molar-refractivity contribution in [1.29, 1.82) is 0 Å². The number of carboxylic acid groups (broad SMARTS) is 1. The zero-order valence-corrected chi connectivity index (χ0v) is 9.06. The van der Waals surface area contributed by atoms with Gasteiger partial charge in [0.1, 0.15) is 6.04 Å². The molecule has 0 bridgehead atoms. The molecule has 1 heterocycles. The van der Waals surface area contributed by atoms with Crippen LogP contribution in [0.2, 0.25) is 0 Å². The number of likely N-dealkylation sites (tertiary alicyclic amines) is 1. The normalized spacial score (nSPS) is 35.3. The third kappa shape index (κ3) is 1.93. The predicted molar refractivity (Wildman–Crippen MR) is 58.6 cm³/mol. The van der Waals surface area contributed by atoms with E-state index in [-0.39, 0.29) is 6.04 Å². The second kappa shape index (κ2) is 4.35. The first-order valence-electron chi connectivity index (χ1n) is 5.81. The molecule has 3 atom stereocenters. The third-order valence-electron chi connectivity index (χ3n) is 3.86. The van der Waals surface area contributed by atoms with E-state index in [1.165, 1.54) is 12.8 Å². The largest absolute Gasteiger partial charge is 0.480 e. The SMILES string of the molecule is C=CCCN1CC2CCCC2C1C(=O)O. The molecule has 15 heavy (non-hydrogen) atoms.